The second kappa shape index (κ2) is 3.07. The van der Waals surface area contributed by atoms with Crippen molar-refractivity contribution in [3.63, 3.8) is 0 Å². The third-order valence-corrected chi connectivity index (χ3v) is 2.52. The van der Waals surface area contributed by atoms with Crippen LogP contribution in [0.2, 0.25) is 0 Å². The molecule has 1 aliphatic heterocycles. The van der Waals surface area contributed by atoms with Crippen molar-refractivity contribution >= 4 is 0 Å². The summed E-state index contributed by atoms with van der Waals surface area (Å²) >= 11 is 0. The van der Waals surface area contributed by atoms with Gasteiger partial charge in [0.05, 0.1) is 0 Å². The highest BCUT2D eigenvalue weighted by Crippen LogP contribution is 2.40. The van der Waals surface area contributed by atoms with Crippen LogP contribution in [0.1, 0.15) is 17.2 Å². The highest BCUT2D eigenvalue weighted by atomic mass is 16.5. The van der Waals surface area contributed by atoms with Crippen LogP contribution in [-0.2, 0) is 0 Å². The van der Waals surface area contributed by atoms with E-state index in [-0.39, 0.29) is 0 Å². The number of hydrogen-bond acceptors (Lipinski definition) is 3. The van der Waals surface area contributed by atoms with Crippen molar-refractivity contribution < 1.29 is 9.84 Å². The van der Waals surface area contributed by atoms with Crippen LogP contribution in [0.25, 0.3) is 0 Å². The summed E-state index contributed by atoms with van der Waals surface area (Å²) in [5.74, 6) is 1.17. The molecule has 2 heterocycles. The smallest absolute Gasteiger partial charge is 0.225 e. The molecule has 74 valence electrons. The molecule has 0 fully saturated rings. The Morgan fingerprint density at radius 3 is 2.80 bits per heavy atom. The van der Waals surface area contributed by atoms with Gasteiger partial charge in [-0.15, -0.1) is 0 Å². The summed E-state index contributed by atoms with van der Waals surface area (Å²) in [4.78, 5) is 4.09. The summed E-state index contributed by atoms with van der Waals surface area (Å²) in [5, 5.41) is 10.1. The number of aromatic nitrogens is 1. The van der Waals surface area contributed by atoms with Gasteiger partial charge in [-0.2, -0.15) is 0 Å². The molecule has 3 heteroatoms. The van der Waals surface area contributed by atoms with Crippen molar-refractivity contribution in [3.05, 3.63) is 53.7 Å². The maximum Gasteiger partial charge on any atom is 0.225 e. The van der Waals surface area contributed by atoms with Crippen LogP contribution in [0.4, 0.5) is 0 Å². The summed E-state index contributed by atoms with van der Waals surface area (Å²) < 4.78 is 5.58. The van der Waals surface area contributed by atoms with Gasteiger partial charge in [-0.1, -0.05) is 18.2 Å². The van der Waals surface area contributed by atoms with E-state index in [2.05, 4.69) is 4.98 Å². The molecule has 1 aromatic carbocycles. The predicted octanol–water partition coefficient (Wildman–Crippen LogP) is 2.27. The third-order valence-electron chi connectivity index (χ3n) is 2.52. The fourth-order valence-electron chi connectivity index (χ4n) is 1.77. The number of aliphatic hydroxyl groups is 1. The lowest BCUT2D eigenvalue weighted by Gasteiger charge is -2.23. The van der Waals surface area contributed by atoms with Crippen LogP contribution in [-0.4, -0.2) is 10.1 Å². The van der Waals surface area contributed by atoms with Crippen LogP contribution in [0.15, 0.2) is 42.6 Å². The molecule has 0 saturated heterocycles. The molecule has 3 nitrogen and oxygen atoms in total. The first-order valence-corrected chi connectivity index (χ1v) is 4.76. The molecule has 0 aliphatic carbocycles. The van der Waals surface area contributed by atoms with E-state index in [9.17, 15) is 5.11 Å². The van der Waals surface area contributed by atoms with Crippen molar-refractivity contribution in [3.8, 4) is 11.6 Å². The van der Waals surface area contributed by atoms with E-state index < -0.39 is 6.10 Å². The number of benzene rings is 1. The van der Waals surface area contributed by atoms with Crippen LogP contribution >= 0.6 is 0 Å². The summed E-state index contributed by atoms with van der Waals surface area (Å²) in [6.45, 7) is 0. The van der Waals surface area contributed by atoms with Gasteiger partial charge in [-0.25, -0.2) is 4.98 Å². The van der Waals surface area contributed by atoms with E-state index in [0.29, 0.717) is 11.6 Å². The SMILES string of the molecule is O[C@@H]1c2ccccc2Oc2ncccc21. The van der Waals surface area contributed by atoms with Crippen molar-refractivity contribution in [2.75, 3.05) is 0 Å². The first kappa shape index (κ1) is 8.44. The van der Waals surface area contributed by atoms with Gasteiger partial charge in [0.25, 0.3) is 0 Å². The molecule has 15 heavy (non-hydrogen) atoms. The number of pyridine rings is 1. The Hall–Kier alpha value is -1.87. The highest BCUT2D eigenvalue weighted by molar-refractivity contribution is 5.48. The second-order valence-electron chi connectivity index (χ2n) is 3.44. The topological polar surface area (TPSA) is 42.4 Å². The highest BCUT2D eigenvalue weighted by Gasteiger charge is 2.25. The fraction of sp³-hybridized carbons (Fsp3) is 0.0833. The van der Waals surface area contributed by atoms with Gasteiger partial charge in [-0.05, 0) is 18.2 Å². The molecule has 0 amide bonds. The maximum absolute atomic E-state index is 10.1. The zero-order valence-corrected chi connectivity index (χ0v) is 7.92. The zero-order chi connectivity index (χ0) is 10.3. The molecule has 1 aromatic heterocycles. The van der Waals surface area contributed by atoms with Gasteiger partial charge in [0.1, 0.15) is 11.9 Å². The molecular formula is C12H9NO2. The van der Waals surface area contributed by atoms with Crippen LogP contribution in [0.3, 0.4) is 0 Å². The average molecular weight is 199 g/mol. The van der Waals surface area contributed by atoms with Crippen molar-refractivity contribution in [1.29, 1.82) is 0 Å². The normalized spacial score (nSPS) is 17.5. The Morgan fingerprint density at radius 1 is 1.07 bits per heavy atom. The third kappa shape index (κ3) is 1.21. The standard InChI is InChI=1S/C12H9NO2/c14-11-8-4-1-2-6-10(8)15-12-9(11)5-3-7-13-12/h1-7,11,14H/t11-/m1/s1. The number of nitrogens with zero attached hydrogens (tertiary/aromatic N) is 1. The van der Waals surface area contributed by atoms with E-state index in [0.717, 1.165) is 11.1 Å². The second-order valence-corrected chi connectivity index (χ2v) is 3.44. The van der Waals surface area contributed by atoms with E-state index in [1.165, 1.54) is 0 Å². The van der Waals surface area contributed by atoms with Crippen molar-refractivity contribution in [2.24, 2.45) is 0 Å². The first-order valence-electron chi connectivity index (χ1n) is 4.76. The molecule has 1 N–H and O–H groups in total. The molecule has 2 aromatic rings. The lowest BCUT2D eigenvalue weighted by molar-refractivity contribution is 0.201. The van der Waals surface area contributed by atoms with Crippen LogP contribution < -0.4 is 4.74 Å². The number of rotatable bonds is 0. The summed E-state index contributed by atoms with van der Waals surface area (Å²) in [6.07, 6.45) is 1.01. The van der Waals surface area contributed by atoms with Crippen LogP contribution in [0.5, 0.6) is 11.6 Å². The number of aliphatic hydroxyl groups excluding tert-OH is 1. The minimum atomic E-state index is -0.640. The number of fused-ring (bicyclic) bond motifs is 2. The molecule has 0 unspecified atom stereocenters. The Labute approximate surface area is 87.0 Å². The number of hydrogen-bond donors (Lipinski definition) is 1. The van der Waals surface area contributed by atoms with E-state index in [1.807, 2.05) is 30.3 Å². The largest absolute Gasteiger partial charge is 0.438 e. The average Bonchev–Trinajstić information content (AvgIpc) is 2.30. The molecule has 3 rings (SSSR count). The van der Waals surface area contributed by atoms with E-state index in [4.69, 9.17) is 4.74 Å². The first-order chi connectivity index (χ1) is 7.36. The molecule has 1 atom stereocenters. The molecule has 0 bridgehead atoms. The maximum atomic E-state index is 10.1. The van der Waals surface area contributed by atoms with Crippen molar-refractivity contribution in [1.82, 2.24) is 4.98 Å². The lowest BCUT2D eigenvalue weighted by Crippen LogP contribution is -2.10. The predicted molar refractivity (Wildman–Crippen MR) is 54.8 cm³/mol. The Morgan fingerprint density at radius 2 is 1.87 bits per heavy atom. The van der Waals surface area contributed by atoms with E-state index >= 15 is 0 Å². The Balaban J connectivity index is 2.20. The summed E-state index contributed by atoms with van der Waals surface area (Å²) in [5.41, 5.74) is 1.51. The van der Waals surface area contributed by atoms with Gasteiger partial charge in [0.2, 0.25) is 5.88 Å². The molecule has 1 aliphatic rings. The molecule has 0 saturated carbocycles. The summed E-state index contributed by atoms with van der Waals surface area (Å²) in [6, 6.07) is 11.1. The molecule has 0 spiro atoms. The molecule has 0 radical (unpaired) electrons. The van der Waals surface area contributed by atoms with Gasteiger partial charge in [0, 0.05) is 17.3 Å². The quantitative estimate of drug-likeness (QED) is 0.707. The lowest BCUT2D eigenvalue weighted by atomic mass is 9.99. The monoisotopic (exact) mass is 199 g/mol. The molecular weight excluding hydrogens is 190 g/mol. The summed E-state index contributed by atoms with van der Waals surface area (Å²) in [7, 11) is 0. The van der Waals surface area contributed by atoms with Crippen molar-refractivity contribution in [2.45, 2.75) is 6.10 Å². The Kier molecular flexibility index (Phi) is 1.73. The Bertz CT molecular complexity index is 465. The number of para-hydroxylation sites is 1. The zero-order valence-electron chi connectivity index (χ0n) is 7.92. The van der Waals surface area contributed by atoms with Crippen LogP contribution in [0, 0.1) is 0 Å². The van der Waals surface area contributed by atoms with Gasteiger partial charge in [0.15, 0.2) is 0 Å². The minimum Gasteiger partial charge on any atom is -0.438 e. The number of ether oxygens (including phenoxy) is 1. The van der Waals surface area contributed by atoms with Gasteiger partial charge >= 0.3 is 0 Å². The minimum absolute atomic E-state index is 0.490. The van der Waals surface area contributed by atoms with Gasteiger partial charge in [-0.3, -0.25) is 0 Å². The van der Waals surface area contributed by atoms with Gasteiger partial charge < -0.3 is 9.84 Å². The fourth-order valence-corrected chi connectivity index (χ4v) is 1.77. The van der Waals surface area contributed by atoms with E-state index in [1.54, 1.807) is 12.3 Å².